The summed E-state index contributed by atoms with van der Waals surface area (Å²) < 4.78 is 19.6. The van der Waals surface area contributed by atoms with Gasteiger partial charge in [0.15, 0.2) is 0 Å². The van der Waals surface area contributed by atoms with Crippen LogP contribution in [0.4, 0.5) is 10.1 Å². The number of carbonyl (C=O) groups is 1. The van der Waals surface area contributed by atoms with Gasteiger partial charge >= 0.3 is 0 Å². The summed E-state index contributed by atoms with van der Waals surface area (Å²) in [5.41, 5.74) is 1.35. The van der Waals surface area contributed by atoms with E-state index in [1.165, 1.54) is 12.1 Å². The minimum absolute atomic E-state index is 0.0526. The molecule has 2 aromatic rings. The van der Waals surface area contributed by atoms with Crippen molar-refractivity contribution in [1.82, 2.24) is 14.9 Å². The van der Waals surface area contributed by atoms with Gasteiger partial charge in [-0.1, -0.05) is 6.07 Å². The Bertz CT molecular complexity index is 767. The molecule has 0 saturated carbocycles. The Labute approximate surface area is 152 Å². The van der Waals surface area contributed by atoms with Gasteiger partial charge in [0, 0.05) is 30.7 Å². The minimum atomic E-state index is -0.358. The van der Waals surface area contributed by atoms with Gasteiger partial charge in [0.25, 0.3) is 5.91 Å². The maximum atomic E-state index is 13.6. The molecule has 2 saturated heterocycles. The maximum Gasteiger partial charge on any atom is 0.253 e. The lowest BCUT2D eigenvalue weighted by molar-refractivity contribution is -0.140. The van der Waals surface area contributed by atoms with Gasteiger partial charge in [-0.05, 0) is 44.0 Å². The number of hydrogen-bond donors (Lipinski definition) is 1. The largest absolute Gasteiger partial charge is 0.363 e. The molecule has 138 valence electrons. The second kappa shape index (κ2) is 7.17. The summed E-state index contributed by atoms with van der Waals surface area (Å²) in [4.78, 5) is 23.6. The summed E-state index contributed by atoms with van der Waals surface area (Å²) in [6.07, 6.45) is 6.29. The van der Waals surface area contributed by atoms with Crippen LogP contribution in [-0.2, 0) is 16.1 Å². The first-order valence-electron chi connectivity index (χ1n) is 9.03. The lowest BCUT2D eigenvalue weighted by Crippen LogP contribution is -2.55. The molecular formula is C19H23FN4O2. The molecule has 1 aromatic carbocycles. The SMILES string of the molecule is O=C1COC2(CCCN(Cc3cnc[nH]3)CC2)CN1c1cccc(F)c1. The van der Waals surface area contributed by atoms with Gasteiger partial charge in [0.1, 0.15) is 12.4 Å². The third-order valence-electron chi connectivity index (χ3n) is 5.31. The monoisotopic (exact) mass is 358 g/mol. The number of nitrogens with zero attached hydrogens (tertiary/aromatic N) is 3. The van der Waals surface area contributed by atoms with Crippen LogP contribution in [0.25, 0.3) is 0 Å². The Morgan fingerprint density at radius 3 is 3.04 bits per heavy atom. The molecule has 1 atom stereocenters. The predicted molar refractivity (Wildman–Crippen MR) is 95.2 cm³/mol. The zero-order chi connectivity index (χ0) is 18.0. The first-order chi connectivity index (χ1) is 12.6. The van der Waals surface area contributed by atoms with Crippen molar-refractivity contribution in [3.8, 4) is 0 Å². The van der Waals surface area contributed by atoms with Gasteiger partial charge in [0.2, 0.25) is 0 Å². The molecule has 3 heterocycles. The number of anilines is 1. The quantitative estimate of drug-likeness (QED) is 0.915. The minimum Gasteiger partial charge on any atom is -0.363 e. The van der Waals surface area contributed by atoms with Gasteiger partial charge < -0.3 is 14.6 Å². The number of rotatable bonds is 3. The molecule has 1 N–H and O–H groups in total. The Morgan fingerprint density at radius 1 is 1.31 bits per heavy atom. The Morgan fingerprint density at radius 2 is 2.23 bits per heavy atom. The van der Waals surface area contributed by atoms with E-state index in [-0.39, 0.29) is 23.9 Å². The molecular weight excluding hydrogens is 335 g/mol. The molecule has 1 unspecified atom stereocenters. The van der Waals surface area contributed by atoms with Crippen molar-refractivity contribution in [3.05, 3.63) is 48.3 Å². The molecule has 0 bridgehead atoms. The number of imidazole rings is 1. The van der Waals surface area contributed by atoms with E-state index in [0.717, 1.165) is 44.6 Å². The van der Waals surface area contributed by atoms with Crippen LogP contribution < -0.4 is 4.90 Å². The number of likely N-dealkylation sites (tertiary alicyclic amines) is 1. The van der Waals surface area contributed by atoms with E-state index in [1.54, 1.807) is 23.4 Å². The van der Waals surface area contributed by atoms with Crippen molar-refractivity contribution in [3.63, 3.8) is 0 Å². The molecule has 1 spiro atoms. The molecule has 4 rings (SSSR count). The average molecular weight is 358 g/mol. The predicted octanol–water partition coefficient (Wildman–Crippen LogP) is 2.34. The molecule has 2 fully saturated rings. The highest BCUT2D eigenvalue weighted by molar-refractivity contribution is 5.95. The summed E-state index contributed by atoms with van der Waals surface area (Å²) >= 11 is 0. The maximum absolute atomic E-state index is 13.6. The van der Waals surface area contributed by atoms with E-state index in [4.69, 9.17) is 4.74 Å². The van der Waals surface area contributed by atoms with Crippen LogP contribution >= 0.6 is 0 Å². The fraction of sp³-hybridized carbons (Fsp3) is 0.474. The topological polar surface area (TPSA) is 61.5 Å². The van der Waals surface area contributed by atoms with Crippen LogP contribution in [0.2, 0.25) is 0 Å². The summed E-state index contributed by atoms with van der Waals surface area (Å²) in [7, 11) is 0. The Kier molecular flexibility index (Phi) is 4.74. The van der Waals surface area contributed by atoms with Crippen molar-refractivity contribution in [1.29, 1.82) is 0 Å². The van der Waals surface area contributed by atoms with Gasteiger partial charge in [-0.3, -0.25) is 9.69 Å². The highest BCUT2D eigenvalue weighted by Gasteiger charge is 2.41. The number of aromatic amines is 1. The second-order valence-electron chi connectivity index (χ2n) is 7.14. The number of benzene rings is 1. The second-order valence-corrected chi connectivity index (χ2v) is 7.14. The molecule has 7 heteroatoms. The van der Waals surface area contributed by atoms with E-state index in [2.05, 4.69) is 14.9 Å². The highest BCUT2D eigenvalue weighted by Crippen LogP contribution is 2.33. The lowest BCUT2D eigenvalue weighted by Gasteiger charge is -2.42. The molecule has 26 heavy (non-hydrogen) atoms. The summed E-state index contributed by atoms with van der Waals surface area (Å²) in [5, 5.41) is 0. The van der Waals surface area contributed by atoms with Gasteiger partial charge in [-0.2, -0.15) is 0 Å². The normalized spacial score (nSPS) is 24.8. The summed E-state index contributed by atoms with van der Waals surface area (Å²) in [5.74, 6) is -0.442. The molecule has 0 radical (unpaired) electrons. The van der Waals surface area contributed by atoms with E-state index in [9.17, 15) is 9.18 Å². The van der Waals surface area contributed by atoms with E-state index < -0.39 is 0 Å². The molecule has 1 aromatic heterocycles. The standard InChI is InChI=1S/C19H23FN4O2/c20-15-3-1-4-17(9-15)24-13-19(26-12-18(24)25)5-2-7-23(8-6-19)11-16-10-21-14-22-16/h1,3-4,9-10,14H,2,5-8,11-13H2,(H,21,22). The van der Waals surface area contributed by atoms with Crippen molar-refractivity contribution in [2.24, 2.45) is 0 Å². The molecule has 1 amide bonds. The smallest absolute Gasteiger partial charge is 0.253 e. The van der Waals surface area contributed by atoms with Crippen molar-refractivity contribution in [2.75, 3.05) is 31.1 Å². The van der Waals surface area contributed by atoms with E-state index in [0.29, 0.717) is 12.2 Å². The third-order valence-corrected chi connectivity index (χ3v) is 5.31. The van der Waals surface area contributed by atoms with Gasteiger partial charge in [-0.25, -0.2) is 9.37 Å². The van der Waals surface area contributed by atoms with Crippen LogP contribution in [0.5, 0.6) is 0 Å². The van der Waals surface area contributed by atoms with Crippen LogP contribution in [0, 0.1) is 5.82 Å². The summed E-state index contributed by atoms with van der Waals surface area (Å²) in [6, 6.07) is 6.22. The summed E-state index contributed by atoms with van der Waals surface area (Å²) in [6.45, 7) is 3.25. The lowest BCUT2D eigenvalue weighted by atomic mass is 9.92. The average Bonchev–Trinajstić information content (AvgIpc) is 3.07. The number of H-pyrrole nitrogens is 1. The van der Waals surface area contributed by atoms with Gasteiger partial charge in [0.05, 0.1) is 18.5 Å². The van der Waals surface area contributed by atoms with Crippen molar-refractivity contribution in [2.45, 2.75) is 31.4 Å². The van der Waals surface area contributed by atoms with Crippen LogP contribution in [0.1, 0.15) is 25.0 Å². The number of ether oxygens (including phenoxy) is 1. The zero-order valence-electron chi connectivity index (χ0n) is 14.7. The first kappa shape index (κ1) is 17.2. The van der Waals surface area contributed by atoms with E-state index >= 15 is 0 Å². The Hall–Kier alpha value is -2.25. The fourth-order valence-corrected chi connectivity index (χ4v) is 3.89. The van der Waals surface area contributed by atoms with Crippen molar-refractivity contribution >= 4 is 11.6 Å². The van der Waals surface area contributed by atoms with Crippen LogP contribution in [-0.4, -0.2) is 52.6 Å². The number of aromatic nitrogens is 2. The zero-order valence-corrected chi connectivity index (χ0v) is 14.7. The number of nitrogens with one attached hydrogen (secondary N) is 1. The Balaban J connectivity index is 1.46. The number of halogens is 1. The third kappa shape index (κ3) is 3.64. The number of morpholine rings is 1. The van der Waals surface area contributed by atoms with Crippen LogP contribution in [0.3, 0.4) is 0 Å². The number of amides is 1. The molecule has 0 aliphatic carbocycles. The number of hydrogen-bond acceptors (Lipinski definition) is 4. The molecule has 2 aliphatic heterocycles. The first-order valence-corrected chi connectivity index (χ1v) is 9.03. The molecule has 6 nitrogen and oxygen atoms in total. The van der Waals surface area contributed by atoms with Crippen molar-refractivity contribution < 1.29 is 13.9 Å². The van der Waals surface area contributed by atoms with Gasteiger partial charge in [-0.15, -0.1) is 0 Å². The molecule has 2 aliphatic rings. The highest BCUT2D eigenvalue weighted by atomic mass is 19.1. The number of carbonyl (C=O) groups excluding carboxylic acids is 1. The fourth-order valence-electron chi connectivity index (χ4n) is 3.89. The van der Waals surface area contributed by atoms with E-state index in [1.807, 2.05) is 6.20 Å². The van der Waals surface area contributed by atoms with Crippen LogP contribution in [0.15, 0.2) is 36.8 Å².